The first-order chi connectivity index (χ1) is 13.2. The second-order valence-electron chi connectivity index (χ2n) is 7.55. The van der Waals surface area contributed by atoms with E-state index in [2.05, 4.69) is 14.4 Å². The van der Waals surface area contributed by atoms with Crippen LogP contribution in [0.3, 0.4) is 0 Å². The highest BCUT2D eigenvalue weighted by Gasteiger charge is 2.35. The van der Waals surface area contributed by atoms with Crippen molar-refractivity contribution in [3.05, 3.63) is 54.2 Å². The lowest BCUT2D eigenvalue weighted by Gasteiger charge is -2.29. The van der Waals surface area contributed by atoms with Gasteiger partial charge in [-0.1, -0.05) is 6.42 Å². The van der Waals surface area contributed by atoms with Crippen LogP contribution in [0.15, 0.2) is 42.7 Å². The molecule has 3 aromatic rings. The van der Waals surface area contributed by atoms with Gasteiger partial charge >= 0.3 is 0 Å². The first kappa shape index (κ1) is 16.4. The summed E-state index contributed by atoms with van der Waals surface area (Å²) >= 11 is 0. The molecule has 27 heavy (non-hydrogen) atoms. The number of nitrogens with zero attached hydrogens (tertiary/aromatic N) is 4. The van der Waals surface area contributed by atoms with Crippen molar-refractivity contribution in [2.45, 2.75) is 31.6 Å². The molecule has 2 aromatic heterocycles. The topological polar surface area (TPSA) is 50.5 Å². The zero-order chi connectivity index (χ0) is 18.4. The van der Waals surface area contributed by atoms with Crippen LogP contribution in [0, 0.1) is 11.7 Å². The number of fused-ring (bicyclic) bond motifs is 1. The van der Waals surface area contributed by atoms with E-state index in [-0.39, 0.29) is 17.7 Å². The maximum absolute atomic E-state index is 13.3. The molecular weight excluding hydrogens is 343 g/mol. The highest BCUT2D eigenvalue weighted by molar-refractivity contribution is 5.80. The van der Waals surface area contributed by atoms with E-state index in [1.165, 1.54) is 18.6 Å². The molecule has 1 aliphatic heterocycles. The molecule has 1 aromatic carbocycles. The van der Waals surface area contributed by atoms with Gasteiger partial charge in [0.1, 0.15) is 5.82 Å². The Labute approximate surface area is 156 Å². The summed E-state index contributed by atoms with van der Waals surface area (Å²) in [5, 5.41) is 0. The average Bonchev–Trinajstić information content (AvgIpc) is 3.28. The molecule has 2 fully saturated rings. The van der Waals surface area contributed by atoms with E-state index in [1.807, 2.05) is 11.0 Å². The normalized spacial score (nSPS) is 20.2. The van der Waals surface area contributed by atoms with Crippen molar-refractivity contribution in [2.24, 2.45) is 5.92 Å². The number of benzene rings is 1. The van der Waals surface area contributed by atoms with E-state index >= 15 is 0 Å². The molecule has 1 aliphatic carbocycles. The maximum atomic E-state index is 13.3. The molecule has 0 unspecified atom stereocenters. The third-order valence-electron chi connectivity index (χ3n) is 5.95. The van der Waals surface area contributed by atoms with Gasteiger partial charge < -0.3 is 4.90 Å². The Balaban J connectivity index is 1.49. The second kappa shape index (κ2) is 6.44. The highest BCUT2D eigenvalue weighted by atomic mass is 19.1. The Kier molecular flexibility index (Phi) is 3.92. The average molecular weight is 364 g/mol. The van der Waals surface area contributed by atoms with Crippen LogP contribution in [0.25, 0.3) is 17.0 Å². The van der Waals surface area contributed by atoms with Crippen LogP contribution >= 0.6 is 0 Å². The zero-order valence-electron chi connectivity index (χ0n) is 15.0. The Bertz CT molecular complexity index is 993. The van der Waals surface area contributed by atoms with Gasteiger partial charge in [-0.25, -0.2) is 14.4 Å². The lowest BCUT2D eigenvalue weighted by atomic mass is 9.84. The minimum absolute atomic E-state index is 0.240. The summed E-state index contributed by atoms with van der Waals surface area (Å²) in [5.41, 5.74) is 2.91. The lowest BCUT2D eigenvalue weighted by molar-refractivity contribution is -0.137. The number of hydrogen-bond acceptors (Lipinski definition) is 3. The predicted octanol–water partition coefficient (Wildman–Crippen LogP) is 3.65. The van der Waals surface area contributed by atoms with Crippen molar-refractivity contribution >= 4 is 11.7 Å². The van der Waals surface area contributed by atoms with Gasteiger partial charge in [0, 0.05) is 42.4 Å². The number of halogens is 1. The van der Waals surface area contributed by atoms with Gasteiger partial charge in [-0.3, -0.25) is 9.20 Å². The van der Waals surface area contributed by atoms with E-state index in [0.717, 1.165) is 49.3 Å². The Morgan fingerprint density at radius 1 is 1.07 bits per heavy atom. The minimum atomic E-state index is -0.258. The molecule has 1 amide bonds. The molecule has 6 heteroatoms. The van der Waals surface area contributed by atoms with Crippen LogP contribution in [0.2, 0.25) is 0 Å². The van der Waals surface area contributed by atoms with Crippen molar-refractivity contribution < 1.29 is 9.18 Å². The summed E-state index contributed by atoms with van der Waals surface area (Å²) in [6.45, 7) is 1.56. The van der Waals surface area contributed by atoms with E-state index < -0.39 is 0 Å². The Morgan fingerprint density at radius 2 is 1.89 bits per heavy atom. The molecule has 5 nitrogen and oxygen atoms in total. The second-order valence-corrected chi connectivity index (χ2v) is 7.55. The molecule has 3 heterocycles. The Morgan fingerprint density at radius 3 is 2.63 bits per heavy atom. The van der Waals surface area contributed by atoms with Gasteiger partial charge in [-0.15, -0.1) is 0 Å². The molecule has 138 valence electrons. The van der Waals surface area contributed by atoms with Gasteiger partial charge in [0.25, 0.3) is 0 Å². The fourth-order valence-corrected chi connectivity index (χ4v) is 4.20. The maximum Gasteiger partial charge on any atom is 0.234 e. The summed E-state index contributed by atoms with van der Waals surface area (Å²) in [6, 6.07) is 8.45. The molecule has 2 aliphatic rings. The molecule has 0 spiro atoms. The third-order valence-corrected chi connectivity index (χ3v) is 5.95. The first-order valence-corrected chi connectivity index (χ1v) is 9.58. The summed E-state index contributed by atoms with van der Waals surface area (Å²) in [5.74, 6) is 1.19. The van der Waals surface area contributed by atoms with Gasteiger partial charge in [-0.05, 0) is 49.6 Å². The minimum Gasteiger partial charge on any atom is -0.342 e. The van der Waals surface area contributed by atoms with Crippen LogP contribution in [0.4, 0.5) is 4.39 Å². The number of hydrogen-bond donors (Lipinski definition) is 0. The SMILES string of the molecule is O=C(C1CCC1)N1CC[C@H](c2ccnc3ncc(-c4ccc(F)cc4)n23)C1. The Hall–Kier alpha value is -2.76. The van der Waals surface area contributed by atoms with Crippen molar-refractivity contribution in [3.63, 3.8) is 0 Å². The van der Waals surface area contributed by atoms with Gasteiger partial charge in [-0.2, -0.15) is 0 Å². The van der Waals surface area contributed by atoms with Crippen LogP contribution in [-0.2, 0) is 4.79 Å². The monoisotopic (exact) mass is 364 g/mol. The summed E-state index contributed by atoms with van der Waals surface area (Å²) in [6.07, 6.45) is 7.76. The molecule has 0 bridgehead atoms. The predicted molar refractivity (Wildman–Crippen MR) is 99.7 cm³/mol. The standard InChI is InChI=1S/C21H21FN4O/c22-17-6-4-14(5-7-17)19-12-24-21-23-10-8-18(26(19)21)16-9-11-25(13-16)20(27)15-2-1-3-15/h4-8,10,12,15-16H,1-3,9,11,13H2/t16-/m0/s1. The lowest BCUT2D eigenvalue weighted by Crippen LogP contribution is -2.37. The van der Waals surface area contributed by atoms with E-state index in [4.69, 9.17) is 0 Å². The number of likely N-dealkylation sites (tertiary alicyclic amines) is 1. The number of carbonyl (C=O) groups is 1. The molecule has 5 rings (SSSR count). The van der Waals surface area contributed by atoms with Crippen LogP contribution in [0.1, 0.15) is 37.3 Å². The number of amides is 1. The van der Waals surface area contributed by atoms with E-state index in [9.17, 15) is 9.18 Å². The van der Waals surface area contributed by atoms with Gasteiger partial charge in [0.05, 0.1) is 11.9 Å². The summed E-state index contributed by atoms with van der Waals surface area (Å²) in [7, 11) is 0. The molecule has 0 radical (unpaired) electrons. The molecule has 0 N–H and O–H groups in total. The van der Waals surface area contributed by atoms with Crippen LogP contribution < -0.4 is 0 Å². The van der Waals surface area contributed by atoms with Crippen molar-refractivity contribution in [1.82, 2.24) is 19.3 Å². The van der Waals surface area contributed by atoms with Gasteiger partial charge in [0.2, 0.25) is 11.7 Å². The van der Waals surface area contributed by atoms with Crippen molar-refractivity contribution in [3.8, 4) is 11.3 Å². The third kappa shape index (κ3) is 2.80. The zero-order valence-corrected chi connectivity index (χ0v) is 15.0. The number of imidazole rings is 1. The van der Waals surface area contributed by atoms with Crippen LogP contribution in [-0.4, -0.2) is 38.3 Å². The molecule has 1 saturated heterocycles. The molecule has 1 atom stereocenters. The summed E-state index contributed by atoms with van der Waals surface area (Å²) in [4.78, 5) is 23.4. The van der Waals surface area contributed by atoms with Crippen LogP contribution in [0.5, 0.6) is 0 Å². The smallest absolute Gasteiger partial charge is 0.234 e. The number of carbonyl (C=O) groups excluding carboxylic acids is 1. The van der Waals surface area contributed by atoms with Crippen molar-refractivity contribution in [1.29, 1.82) is 0 Å². The quantitative estimate of drug-likeness (QED) is 0.713. The number of rotatable bonds is 3. The number of aromatic nitrogens is 3. The first-order valence-electron chi connectivity index (χ1n) is 9.58. The highest BCUT2D eigenvalue weighted by Crippen LogP contribution is 2.34. The molecule has 1 saturated carbocycles. The van der Waals surface area contributed by atoms with Crippen molar-refractivity contribution in [2.75, 3.05) is 13.1 Å². The summed E-state index contributed by atoms with van der Waals surface area (Å²) < 4.78 is 15.4. The fourth-order valence-electron chi connectivity index (χ4n) is 4.20. The largest absolute Gasteiger partial charge is 0.342 e. The molecular formula is C21H21FN4O. The fraction of sp³-hybridized carbons (Fsp3) is 0.381. The van der Waals surface area contributed by atoms with E-state index in [0.29, 0.717) is 11.7 Å². The van der Waals surface area contributed by atoms with E-state index in [1.54, 1.807) is 24.5 Å². The van der Waals surface area contributed by atoms with Gasteiger partial charge in [0.15, 0.2) is 0 Å².